The van der Waals surface area contributed by atoms with Crippen LogP contribution >= 0.6 is 23.2 Å². The lowest BCUT2D eigenvalue weighted by Gasteiger charge is -2.43. The Morgan fingerprint density at radius 1 is 1.17 bits per heavy atom. The van der Waals surface area contributed by atoms with E-state index in [4.69, 9.17) is 23.2 Å². The number of nitrogens with zero attached hydrogens (tertiary/aromatic N) is 1. The van der Waals surface area contributed by atoms with Crippen molar-refractivity contribution in [3.8, 4) is 0 Å². The van der Waals surface area contributed by atoms with Gasteiger partial charge in [-0.1, -0.05) is 29.3 Å². The van der Waals surface area contributed by atoms with Gasteiger partial charge in [0.1, 0.15) is 0 Å². The highest BCUT2D eigenvalue weighted by atomic mass is 35.5. The zero-order valence-corrected chi connectivity index (χ0v) is 11.8. The lowest BCUT2D eigenvalue weighted by Crippen LogP contribution is -2.54. The highest BCUT2D eigenvalue weighted by Crippen LogP contribution is 2.33. The second-order valence-electron chi connectivity index (χ2n) is 5.30. The molecule has 1 aromatic rings. The fraction of sp³-hybridized carbons (Fsp3) is 0.571. The van der Waals surface area contributed by atoms with Gasteiger partial charge in [0.2, 0.25) is 0 Å². The Kier molecular flexibility index (Phi) is 3.81. The van der Waals surface area contributed by atoms with E-state index in [9.17, 15) is 0 Å². The molecular weight excluding hydrogens is 267 g/mol. The molecule has 98 valence electrons. The average Bonchev–Trinajstić information content (AvgIpc) is 2.41. The van der Waals surface area contributed by atoms with Crippen LogP contribution in [0.1, 0.15) is 24.3 Å². The first-order valence-electron chi connectivity index (χ1n) is 6.64. The molecule has 0 amide bonds. The summed E-state index contributed by atoms with van der Waals surface area (Å²) >= 11 is 12.1. The summed E-state index contributed by atoms with van der Waals surface area (Å²) in [7, 11) is 0. The summed E-state index contributed by atoms with van der Waals surface area (Å²) in [6.45, 7) is 4.59. The van der Waals surface area contributed by atoms with Crippen LogP contribution in [0.15, 0.2) is 18.2 Å². The van der Waals surface area contributed by atoms with Gasteiger partial charge in [0.25, 0.3) is 0 Å². The fourth-order valence-electron chi connectivity index (χ4n) is 3.13. The van der Waals surface area contributed by atoms with E-state index < -0.39 is 0 Å². The molecule has 2 atom stereocenters. The van der Waals surface area contributed by atoms with E-state index in [0.717, 1.165) is 25.7 Å². The summed E-state index contributed by atoms with van der Waals surface area (Å²) in [6.07, 6.45) is 2.53. The Hall–Kier alpha value is -0.280. The molecule has 2 fully saturated rings. The van der Waals surface area contributed by atoms with Crippen molar-refractivity contribution >= 4 is 23.2 Å². The lowest BCUT2D eigenvalue weighted by atomic mass is 9.86. The number of hydrogen-bond donors (Lipinski definition) is 1. The van der Waals surface area contributed by atoms with Crippen LogP contribution in [0.25, 0.3) is 0 Å². The molecule has 2 saturated heterocycles. The summed E-state index contributed by atoms with van der Waals surface area (Å²) in [4.78, 5) is 2.62. The highest BCUT2D eigenvalue weighted by Gasteiger charge is 2.30. The minimum absolute atomic E-state index is 0.606. The Balaban J connectivity index is 1.75. The summed E-state index contributed by atoms with van der Waals surface area (Å²) in [5, 5.41) is 4.80. The van der Waals surface area contributed by atoms with E-state index >= 15 is 0 Å². The first kappa shape index (κ1) is 12.7. The quantitative estimate of drug-likeness (QED) is 0.852. The van der Waals surface area contributed by atoms with E-state index in [2.05, 4.69) is 16.3 Å². The Labute approximate surface area is 118 Å². The number of hydrogen-bond acceptors (Lipinski definition) is 2. The highest BCUT2D eigenvalue weighted by molar-refractivity contribution is 6.42. The van der Waals surface area contributed by atoms with Crippen LogP contribution in [0.3, 0.4) is 0 Å². The normalized spacial score (nSPS) is 29.0. The number of halogens is 2. The number of piperidine rings is 1. The van der Waals surface area contributed by atoms with Gasteiger partial charge in [0.15, 0.2) is 0 Å². The zero-order chi connectivity index (χ0) is 12.5. The molecular formula is C14H18Cl2N2. The molecule has 0 aromatic heterocycles. The van der Waals surface area contributed by atoms with E-state index in [1.54, 1.807) is 0 Å². The standard InChI is InChI=1S/C14H18Cl2N2/c15-13-4-2-10(7-14(13)16)11-1-3-12-8-17-5-6-18(12)9-11/h2,4,7,11-12,17H,1,3,5-6,8-9H2. The third kappa shape index (κ3) is 2.53. The molecule has 2 aliphatic rings. The van der Waals surface area contributed by atoms with Crippen LogP contribution in [-0.2, 0) is 0 Å². The monoisotopic (exact) mass is 284 g/mol. The topological polar surface area (TPSA) is 15.3 Å². The summed E-state index contributed by atoms with van der Waals surface area (Å²) in [5.41, 5.74) is 1.33. The maximum atomic E-state index is 6.11. The SMILES string of the molecule is Clc1ccc(C2CCC3CNCCN3C2)cc1Cl. The second-order valence-corrected chi connectivity index (χ2v) is 6.12. The van der Waals surface area contributed by atoms with Crippen LogP contribution < -0.4 is 5.32 Å². The Morgan fingerprint density at radius 2 is 2.06 bits per heavy atom. The molecule has 4 heteroatoms. The van der Waals surface area contributed by atoms with Gasteiger partial charge >= 0.3 is 0 Å². The van der Waals surface area contributed by atoms with Crippen molar-refractivity contribution in [2.24, 2.45) is 0 Å². The van der Waals surface area contributed by atoms with E-state index in [1.165, 1.54) is 24.9 Å². The van der Waals surface area contributed by atoms with Crippen LogP contribution in [-0.4, -0.2) is 37.1 Å². The van der Waals surface area contributed by atoms with Crippen molar-refractivity contribution in [1.29, 1.82) is 0 Å². The van der Waals surface area contributed by atoms with Crippen molar-refractivity contribution in [3.05, 3.63) is 33.8 Å². The first-order chi connectivity index (χ1) is 8.74. The smallest absolute Gasteiger partial charge is 0.0595 e. The molecule has 1 aromatic carbocycles. The minimum Gasteiger partial charge on any atom is -0.314 e. The van der Waals surface area contributed by atoms with E-state index in [-0.39, 0.29) is 0 Å². The van der Waals surface area contributed by atoms with Crippen molar-refractivity contribution in [2.45, 2.75) is 24.8 Å². The van der Waals surface area contributed by atoms with Gasteiger partial charge in [0, 0.05) is 32.2 Å². The van der Waals surface area contributed by atoms with Crippen molar-refractivity contribution in [3.63, 3.8) is 0 Å². The zero-order valence-electron chi connectivity index (χ0n) is 10.3. The number of rotatable bonds is 1. The third-order valence-corrected chi connectivity index (χ3v) is 4.93. The van der Waals surface area contributed by atoms with E-state index in [0.29, 0.717) is 16.0 Å². The van der Waals surface area contributed by atoms with Crippen LogP contribution in [0.2, 0.25) is 10.0 Å². The van der Waals surface area contributed by atoms with Crippen molar-refractivity contribution in [1.82, 2.24) is 10.2 Å². The van der Waals surface area contributed by atoms with Gasteiger partial charge in [-0.3, -0.25) is 4.90 Å². The molecule has 0 bridgehead atoms. The molecule has 2 aliphatic heterocycles. The largest absolute Gasteiger partial charge is 0.314 e. The Bertz CT molecular complexity index is 436. The van der Waals surface area contributed by atoms with Gasteiger partial charge in [-0.15, -0.1) is 0 Å². The molecule has 0 spiro atoms. The molecule has 0 aliphatic carbocycles. The number of piperazine rings is 1. The number of fused-ring (bicyclic) bond motifs is 1. The molecule has 2 heterocycles. The van der Waals surface area contributed by atoms with Gasteiger partial charge in [0.05, 0.1) is 10.0 Å². The maximum absolute atomic E-state index is 6.11. The van der Waals surface area contributed by atoms with E-state index in [1.807, 2.05) is 12.1 Å². The van der Waals surface area contributed by atoms with Crippen LogP contribution in [0.4, 0.5) is 0 Å². The average molecular weight is 285 g/mol. The second kappa shape index (κ2) is 5.38. The fourth-order valence-corrected chi connectivity index (χ4v) is 3.44. The maximum Gasteiger partial charge on any atom is 0.0595 e. The van der Waals surface area contributed by atoms with Gasteiger partial charge < -0.3 is 5.32 Å². The molecule has 0 saturated carbocycles. The molecule has 2 nitrogen and oxygen atoms in total. The predicted octanol–water partition coefficient (Wildman–Crippen LogP) is 3.14. The van der Waals surface area contributed by atoms with Gasteiger partial charge in [-0.25, -0.2) is 0 Å². The molecule has 1 N–H and O–H groups in total. The minimum atomic E-state index is 0.606. The summed E-state index contributed by atoms with van der Waals surface area (Å²) < 4.78 is 0. The summed E-state index contributed by atoms with van der Waals surface area (Å²) in [6, 6.07) is 6.82. The predicted molar refractivity (Wildman–Crippen MR) is 76.7 cm³/mol. The van der Waals surface area contributed by atoms with Crippen LogP contribution in [0, 0.1) is 0 Å². The molecule has 18 heavy (non-hydrogen) atoms. The van der Waals surface area contributed by atoms with Crippen molar-refractivity contribution < 1.29 is 0 Å². The van der Waals surface area contributed by atoms with Gasteiger partial charge in [-0.05, 0) is 36.5 Å². The Morgan fingerprint density at radius 3 is 2.89 bits per heavy atom. The van der Waals surface area contributed by atoms with Gasteiger partial charge in [-0.2, -0.15) is 0 Å². The molecule has 3 rings (SSSR count). The summed E-state index contributed by atoms with van der Waals surface area (Å²) in [5.74, 6) is 0.606. The third-order valence-electron chi connectivity index (χ3n) is 4.19. The molecule has 2 unspecified atom stereocenters. The lowest BCUT2D eigenvalue weighted by molar-refractivity contribution is 0.107. The molecule has 0 radical (unpaired) electrons. The number of benzene rings is 1. The number of nitrogens with one attached hydrogen (secondary N) is 1. The van der Waals surface area contributed by atoms with Crippen molar-refractivity contribution in [2.75, 3.05) is 26.2 Å². The van der Waals surface area contributed by atoms with Crippen LogP contribution in [0.5, 0.6) is 0 Å². The first-order valence-corrected chi connectivity index (χ1v) is 7.39.